The summed E-state index contributed by atoms with van der Waals surface area (Å²) in [4.78, 5) is 37.4. The van der Waals surface area contributed by atoms with Crippen molar-refractivity contribution in [1.29, 1.82) is 0 Å². The highest BCUT2D eigenvalue weighted by atomic mass is 127. The highest BCUT2D eigenvalue weighted by Crippen LogP contribution is 2.39. The van der Waals surface area contributed by atoms with Crippen molar-refractivity contribution in [2.45, 2.75) is 6.92 Å². The fourth-order valence-corrected chi connectivity index (χ4v) is 4.47. The van der Waals surface area contributed by atoms with Crippen LogP contribution in [0.3, 0.4) is 0 Å². The van der Waals surface area contributed by atoms with Crippen LogP contribution in [-0.2, 0) is 9.59 Å². The van der Waals surface area contributed by atoms with Crippen molar-refractivity contribution in [3.05, 3.63) is 55.5 Å². The summed E-state index contributed by atoms with van der Waals surface area (Å²) in [7, 11) is 0. The summed E-state index contributed by atoms with van der Waals surface area (Å²) in [6.07, 6.45) is 1.58. The van der Waals surface area contributed by atoms with Crippen molar-refractivity contribution in [3.63, 3.8) is 0 Å². The maximum absolute atomic E-state index is 12.8. The summed E-state index contributed by atoms with van der Waals surface area (Å²) >= 11 is 8.80. The number of halogens is 2. The Hall–Kier alpha value is -2.24. The SMILES string of the molecule is CCOc1cc(/C=C2/SC(=O)N(c3cccc(Cl)c3)C2=O)cc(I)c1OCC(=O)O. The highest BCUT2D eigenvalue weighted by Gasteiger charge is 2.36. The number of carboxylic acid groups (broad SMARTS) is 1. The van der Waals surface area contributed by atoms with Gasteiger partial charge in [-0.3, -0.25) is 9.59 Å². The average Bonchev–Trinajstić information content (AvgIpc) is 2.94. The Morgan fingerprint density at radius 1 is 1.27 bits per heavy atom. The lowest BCUT2D eigenvalue weighted by atomic mass is 10.1. The third-order valence-electron chi connectivity index (χ3n) is 3.83. The molecule has 10 heteroatoms. The van der Waals surface area contributed by atoms with Gasteiger partial charge in [0.05, 0.1) is 20.8 Å². The first-order valence-corrected chi connectivity index (χ1v) is 10.9. The molecule has 0 bridgehead atoms. The highest BCUT2D eigenvalue weighted by molar-refractivity contribution is 14.1. The minimum atomic E-state index is -1.10. The molecule has 0 unspecified atom stereocenters. The maximum Gasteiger partial charge on any atom is 0.341 e. The number of imide groups is 1. The molecule has 3 rings (SSSR count). The molecule has 1 fully saturated rings. The molecule has 0 aromatic heterocycles. The number of carbonyl (C=O) groups excluding carboxylic acids is 2. The first kappa shape index (κ1) is 22.4. The normalized spacial score (nSPS) is 15.0. The minimum Gasteiger partial charge on any atom is -0.490 e. The number of hydrogen-bond acceptors (Lipinski definition) is 6. The van der Waals surface area contributed by atoms with Gasteiger partial charge in [0.2, 0.25) is 0 Å². The van der Waals surface area contributed by atoms with Crippen LogP contribution >= 0.6 is 46.0 Å². The van der Waals surface area contributed by atoms with Crippen LogP contribution in [0.1, 0.15) is 12.5 Å². The number of nitrogens with zero attached hydrogens (tertiary/aromatic N) is 1. The van der Waals surface area contributed by atoms with Crippen LogP contribution < -0.4 is 14.4 Å². The smallest absolute Gasteiger partial charge is 0.341 e. The Labute approximate surface area is 195 Å². The van der Waals surface area contributed by atoms with Crippen molar-refractivity contribution < 1.29 is 29.0 Å². The van der Waals surface area contributed by atoms with Gasteiger partial charge in [-0.25, -0.2) is 9.69 Å². The van der Waals surface area contributed by atoms with E-state index in [1.54, 1.807) is 49.4 Å². The van der Waals surface area contributed by atoms with Crippen LogP contribution in [-0.4, -0.2) is 35.4 Å². The van der Waals surface area contributed by atoms with Crippen molar-refractivity contribution in [2.75, 3.05) is 18.1 Å². The number of benzene rings is 2. The van der Waals surface area contributed by atoms with E-state index in [0.717, 1.165) is 16.7 Å². The molecule has 1 aliphatic heterocycles. The minimum absolute atomic E-state index is 0.248. The second-order valence-corrected chi connectivity index (χ2v) is 8.53. The molecule has 0 spiro atoms. The first-order chi connectivity index (χ1) is 14.3. The topological polar surface area (TPSA) is 93.1 Å². The second kappa shape index (κ2) is 9.71. The van der Waals surface area contributed by atoms with Gasteiger partial charge in [-0.2, -0.15) is 0 Å². The predicted molar refractivity (Wildman–Crippen MR) is 123 cm³/mol. The molecule has 2 aromatic carbocycles. The second-order valence-electron chi connectivity index (χ2n) is 5.94. The number of rotatable bonds is 7. The Balaban J connectivity index is 1.93. The molecule has 0 saturated carbocycles. The lowest BCUT2D eigenvalue weighted by molar-refractivity contribution is -0.139. The molecule has 2 amide bonds. The Kier molecular flexibility index (Phi) is 7.27. The van der Waals surface area contributed by atoms with E-state index in [0.29, 0.717) is 37.9 Å². The monoisotopic (exact) mass is 559 g/mol. The van der Waals surface area contributed by atoms with Crippen molar-refractivity contribution >= 4 is 74.8 Å². The lowest BCUT2D eigenvalue weighted by Gasteiger charge is -2.14. The van der Waals surface area contributed by atoms with Crippen LogP contribution in [0.4, 0.5) is 10.5 Å². The number of amides is 2. The quantitative estimate of drug-likeness (QED) is 0.375. The molecule has 7 nitrogen and oxygen atoms in total. The van der Waals surface area contributed by atoms with Gasteiger partial charge in [0.1, 0.15) is 0 Å². The van der Waals surface area contributed by atoms with Crippen molar-refractivity contribution in [3.8, 4) is 11.5 Å². The zero-order chi connectivity index (χ0) is 21.8. The summed E-state index contributed by atoms with van der Waals surface area (Å²) in [5.74, 6) is -0.895. The molecule has 1 saturated heterocycles. The van der Waals surface area contributed by atoms with Gasteiger partial charge in [0, 0.05) is 5.02 Å². The van der Waals surface area contributed by atoms with E-state index < -0.39 is 23.7 Å². The molecule has 1 aliphatic rings. The number of hydrogen-bond donors (Lipinski definition) is 1. The van der Waals surface area contributed by atoms with E-state index in [9.17, 15) is 14.4 Å². The van der Waals surface area contributed by atoms with E-state index in [-0.39, 0.29) is 4.91 Å². The molecule has 30 heavy (non-hydrogen) atoms. The van der Waals surface area contributed by atoms with E-state index in [2.05, 4.69) is 0 Å². The summed E-state index contributed by atoms with van der Waals surface area (Å²) in [6.45, 7) is 1.62. The predicted octanol–water partition coefficient (Wildman–Crippen LogP) is 5.05. The van der Waals surface area contributed by atoms with Crippen molar-refractivity contribution in [1.82, 2.24) is 0 Å². The standard InChI is InChI=1S/C20H15ClINO6S/c1-2-28-15-7-11(6-14(22)18(15)29-10-17(24)25)8-16-19(26)23(20(27)30-16)13-5-3-4-12(21)9-13/h3-9H,2,10H2,1H3,(H,24,25)/b16-8+. The summed E-state index contributed by atoms with van der Waals surface area (Å²) < 4.78 is 11.5. The van der Waals surface area contributed by atoms with E-state index in [4.69, 9.17) is 26.2 Å². The Morgan fingerprint density at radius 3 is 2.70 bits per heavy atom. The Morgan fingerprint density at radius 2 is 2.03 bits per heavy atom. The molecular weight excluding hydrogens is 545 g/mol. The average molecular weight is 560 g/mol. The van der Waals surface area contributed by atoms with Crippen molar-refractivity contribution in [2.24, 2.45) is 0 Å². The molecular formula is C20H15ClINO6S. The van der Waals surface area contributed by atoms with E-state index >= 15 is 0 Å². The van der Waals surface area contributed by atoms with Crippen LogP contribution in [0.25, 0.3) is 6.08 Å². The van der Waals surface area contributed by atoms with Crippen LogP contribution in [0, 0.1) is 3.57 Å². The fraction of sp³-hybridized carbons (Fsp3) is 0.150. The third kappa shape index (κ3) is 5.08. The van der Waals surface area contributed by atoms with Gasteiger partial charge in [-0.1, -0.05) is 17.7 Å². The fourth-order valence-electron chi connectivity index (χ4n) is 2.67. The zero-order valence-corrected chi connectivity index (χ0v) is 19.3. The molecule has 156 valence electrons. The largest absolute Gasteiger partial charge is 0.490 e. The molecule has 2 aromatic rings. The molecule has 0 radical (unpaired) electrons. The van der Waals surface area contributed by atoms with Crippen LogP contribution in [0.5, 0.6) is 11.5 Å². The van der Waals surface area contributed by atoms with Crippen LogP contribution in [0.15, 0.2) is 41.3 Å². The number of anilines is 1. The number of carboxylic acids is 1. The lowest BCUT2D eigenvalue weighted by Crippen LogP contribution is -2.27. The van der Waals surface area contributed by atoms with Gasteiger partial charge in [0.25, 0.3) is 11.1 Å². The molecule has 1 N–H and O–H groups in total. The third-order valence-corrected chi connectivity index (χ3v) is 5.74. The zero-order valence-electron chi connectivity index (χ0n) is 15.6. The summed E-state index contributed by atoms with van der Waals surface area (Å²) in [5, 5.41) is 8.86. The molecule has 0 atom stereocenters. The molecule has 1 heterocycles. The number of aliphatic carboxylic acids is 1. The summed E-state index contributed by atoms with van der Waals surface area (Å²) in [6, 6.07) is 9.85. The molecule has 0 aliphatic carbocycles. The Bertz CT molecular complexity index is 1060. The number of ether oxygens (including phenoxy) is 2. The number of carbonyl (C=O) groups is 3. The van der Waals surface area contributed by atoms with Gasteiger partial charge in [0.15, 0.2) is 18.1 Å². The summed E-state index contributed by atoms with van der Waals surface area (Å²) in [5.41, 5.74) is 1.01. The van der Waals surface area contributed by atoms with Gasteiger partial charge in [-0.05, 0) is 83.2 Å². The van der Waals surface area contributed by atoms with Crippen LogP contribution in [0.2, 0.25) is 5.02 Å². The number of thioether (sulfide) groups is 1. The maximum atomic E-state index is 12.8. The van der Waals surface area contributed by atoms with E-state index in [1.807, 2.05) is 22.6 Å². The van der Waals surface area contributed by atoms with E-state index in [1.165, 1.54) is 0 Å². The van der Waals surface area contributed by atoms with Gasteiger partial charge >= 0.3 is 5.97 Å². The van der Waals surface area contributed by atoms with Gasteiger partial charge in [-0.15, -0.1) is 0 Å². The van der Waals surface area contributed by atoms with Gasteiger partial charge < -0.3 is 14.6 Å². The first-order valence-electron chi connectivity index (χ1n) is 8.64.